The summed E-state index contributed by atoms with van der Waals surface area (Å²) in [5, 5.41) is 14.5. The fraction of sp³-hybridized carbons (Fsp3) is 0.412. The molecule has 1 N–H and O–H groups in total. The van der Waals surface area contributed by atoms with E-state index < -0.39 is 4.92 Å². The number of nitro benzene ring substituents is 1. The van der Waals surface area contributed by atoms with Crippen molar-refractivity contribution in [1.82, 2.24) is 5.32 Å². The van der Waals surface area contributed by atoms with Gasteiger partial charge in [0.25, 0.3) is 5.69 Å². The third kappa shape index (κ3) is 3.77. The molecule has 0 bridgehead atoms. The summed E-state index contributed by atoms with van der Waals surface area (Å²) in [4.78, 5) is 10.3. The predicted molar refractivity (Wildman–Crippen MR) is 91.1 cm³/mol. The van der Waals surface area contributed by atoms with E-state index in [1.807, 2.05) is 12.1 Å². The van der Waals surface area contributed by atoms with Crippen LogP contribution in [-0.4, -0.2) is 23.7 Å². The number of halogens is 1. The average Bonchev–Trinajstić information content (AvgIpc) is 3.24. The normalized spacial score (nSPS) is 18.7. The van der Waals surface area contributed by atoms with Crippen molar-refractivity contribution in [3.8, 4) is 11.3 Å². The quantitative estimate of drug-likeness (QED) is 0.625. The molecular weight excluding hydrogens is 332 g/mol. The van der Waals surface area contributed by atoms with Gasteiger partial charge in [-0.2, -0.15) is 0 Å². The van der Waals surface area contributed by atoms with Crippen LogP contribution in [0, 0.1) is 10.1 Å². The van der Waals surface area contributed by atoms with Crippen LogP contribution < -0.4 is 5.32 Å². The van der Waals surface area contributed by atoms with Crippen LogP contribution in [0.15, 0.2) is 34.7 Å². The zero-order valence-corrected chi connectivity index (χ0v) is 14.1. The van der Waals surface area contributed by atoms with Crippen LogP contribution >= 0.6 is 11.6 Å². The van der Waals surface area contributed by atoms with E-state index in [-0.39, 0.29) is 17.8 Å². The van der Waals surface area contributed by atoms with Gasteiger partial charge in [-0.1, -0.05) is 11.6 Å². The highest BCUT2D eigenvalue weighted by Gasteiger charge is 2.22. The van der Waals surface area contributed by atoms with Gasteiger partial charge in [0.05, 0.1) is 22.6 Å². The highest BCUT2D eigenvalue weighted by atomic mass is 35.5. The van der Waals surface area contributed by atoms with Crippen LogP contribution in [0.2, 0.25) is 5.02 Å². The summed E-state index contributed by atoms with van der Waals surface area (Å²) in [5.74, 6) is 1.38. The third-order valence-electron chi connectivity index (χ3n) is 4.21. The van der Waals surface area contributed by atoms with Crippen molar-refractivity contribution in [3.63, 3.8) is 0 Å². The summed E-state index contributed by atoms with van der Waals surface area (Å²) in [6.07, 6.45) is 2.44. The molecule has 1 aromatic carbocycles. The van der Waals surface area contributed by atoms with Gasteiger partial charge in [0.1, 0.15) is 11.5 Å². The first kappa shape index (κ1) is 17.0. The van der Waals surface area contributed by atoms with Gasteiger partial charge in [-0.25, -0.2) is 0 Å². The molecule has 6 nitrogen and oxygen atoms in total. The molecule has 128 valence electrons. The molecule has 3 rings (SSSR count). The summed E-state index contributed by atoms with van der Waals surface area (Å²) in [6.45, 7) is 3.53. The number of furan rings is 1. The number of nitrogens with zero attached hydrogens (tertiary/aromatic N) is 1. The predicted octanol–water partition coefficient (Wildman–Crippen LogP) is 4.17. The lowest BCUT2D eigenvalue weighted by Gasteiger charge is -2.19. The van der Waals surface area contributed by atoms with Crippen molar-refractivity contribution in [2.45, 2.75) is 38.5 Å². The molecule has 0 spiro atoms. The summed E-state index contributed by atoms with van der Waals surface area (Å²) in [6, 6.07) is 8.30. The molecule has 1 fully saturated rings. The van der Waals surface area contributed by atoms with Crippen molar-refractivity contribution in [2.24, 2.45) is 0 Å². The lowest BCUT2D eigenvalue weighted by Crippen LogP contribution is -2.36. The van der Waals surface area contributed by atoms with E-state index in [4.69, 9.17) is 20.8 Å². The molecule has 2 unspecified atom stereocenters. The maximum Gasteiger partial charge on any atom is 0.270 e. The van der Waals surface area contributed by atoms with Gasteiger partial charge in [0, 0.05) is 30.3 Å². The summed E-state index contributed by atoms with van der Waals surface area (Å²) in [5.41, 5.74) is 0.600. The number of benzene rings is 1. The molecule has 2 heterocycles. The number of nitrogens with one attached hydrogen (secondary N) is 1. The zero-order chi connectivity index (χ0) is 17.1. The van der Waals surface area contributed by atoms with Gasteiger partial charge in [0.2, 0.25) is 0 Å². The molecule has 0 aliphatic carbocycles. The summed E-state index contributed by atoms with van der Waals surface area (Å²) < 4.78 is 11.5. The van der Waals surface area contributed by atoms with Crippen molar-refractivity contribution >= 4 is 17.3 Å². The Balaban J connectivity index is 1.66. The van der Waals surface area contributed by atoms with Crippen LogP contribution in [0.5, 0.6) is 0 Å². The van der Waals surface area contributed by atoms with Gasteiger partial charge < -0.3 is 14.5 Å². The Morgan fingerprint density at radius 2 is 2.25 bits per heavy atom. The summed E-state index contributed by atoms with van der Waals surface area (Å²) >= 11 is 6.13. The minimum absolute atomic E-state index is 0.0393. The maximum atomic E-state index is 10.8. The van der Waals surface area contributed by atoms with E-state index in [0.717, 1.165) is 25.2 Å². The molecule has 1 aliphatic heterocycles. The average molecular weight is 351 g/mol. The second-order valence-corrected chi connectivity index (χ2v) is 6.32. The number of hydrogen-bond donors (Lipinski definition) is 1. The van der Waals surface area contributed by atoms with Crippen molar-refractivity contribution in [1.29, 1.82) is 0 Å². The molecule has 0 radical (unpaired) electrons. The monoisotopic (exact) mass is 350 g/mol. The Labute approximate surface area is 144 Å². The van der Waals surface area contributed by atoms with Crippen LogP contribution in [-0.2, 0) is 11.3 Å². The highest BCUT2D eigenvalue weighted by molar-refractivity contribution is 6.33. The minimum atomic E-state index is -0.473. The molecule has 0 amide bonds. The second-order valence-electron chi connectivity index (χ2n) is 5.91. The molecule has 24 heavy (non-hydrogen) atoms. The van der Waals surface area contributed by atoms with E-state index in [9.17, 15) is 10.1 Å². The van der Waals surface area contributed by atoms with E-state index >= 15 is 0 Å². The fourth-order valence-corrected chi connectivity index (χ4v) is 3.09. The van der Waals surface area contributed by atoms with Crippen LogP contribution in [0.25, 0.3) is 11.3 Å². The lowest BCUT2D eigenvalue weighted by molar-refractivity contribution is -0.384. The molecule has 0 saturated carbocycles. The van der Waals surface area contributed by atoms with Crippen molar-refractivity contribution in [2.75, 3.05) is 6.61 Å². The number of hydrogen-bond acceptors (Lipinski definition) is 5. The summed E-state index contributed by atoms with van der Waals surface area (Å²) in [7, 11) is 0. The first-order valence-corrected chi connectivity index (χ1v) is 8.30. The smallest absolute Gasteiger partial charge is 0.270 e. The molecule has 7 heteroatoms. The Hall–Kier alpha value is -1.89. The number of non-ortho nitro benzene ring substituents is 1. The Bertz CT molecular complexity index is 725. The molecule has 1 aliphatic rings. The third-order valence-corrected chi connectivity index (χ3v) is 4.52. The highest BCUT2D eigenvalue weighted by Crippen LogP contribution is 2.32. The molecule has 2 atom stereocenters. The SMILES string of the molecule is CC(NCc1ccc(-c2ccc([N+](=O)[O-])cc2Cl)o1)C1CCCO1. The number of rotatable bonds is 6. The first-order chi connectivity index (χ1) is 11.5. The second kappa shape index (κ2) is 7.34. The molecular formula is C17H19ClN2O4. The standard InChI is InChI=1S/C17H19ClN2O4/c1-11(16-3-2-8-23-16)19-10-13-5-7-17(24-13)14-6-4-12(20(21)22)9-15(14)18/h4-7,9,11,16,19H,2-3,8,10H2,1H3. The largest absolute Gasteiger partial charge is 0.460 e. The van der Waals surface area contributed by atoms with E-state index in [0.29, 0.717) is 22.9 Å². The Morgan fingerprint density at radius 3 is 2.92 bits per heavy atom. The van der Waals surface area contributed by atoms with Gasteiger partial charge in [-0.3, -0.25) is 10.1 Å². The van der Waals surface area contributed by atoms with Gasteiger partial charge in [-0.15, -0.1) is 0 Å². The molecule has 1 aromatic heterocycles. The topological polar surface area (TPSA) is 77.5 Å². The lowest BCUT2D eigenvalue weighted by atomic mass is 10.1. The van der Waals surface area contributed by atoms with E-state index in [2.05, 4.69) is 12.2 Å². The molecule has 1 saturated heterocycles. The van der Waals surface area contributed by atoms with Crippen LogP contribution in [0.3, 0.4) is 0 Å². The fourth-order valence-electron chi connectivity index (χ4n) is 2.83. The van der Waals surface area contributed by atoms with Gasteiger partial charge in [0.15, 0.2) is 0 Å². The maximum absolute atomic E-state index is 10.8. The van der Waals surface area contributed by atoms with Gasteiger partial charge in [-0.05, 0) is 38.0 Å². The van der Waals surface area contributed by atoms with Crippen molar-refractivity contribution < 1.29 is 14.1 Å². The first-order valence-electron chi connectivity index (χ1n) is 7.92. The zero-order valence-electron chi connectivity index (χ0n) is 13.3. The Morgan fingerprint density at radius 1 is 1.42 bits per heavy atom. The molecule has 2 aromatic rings. The van der Waals surface area contributed by atoms with Crippen molar-refractivity contribution in [3.05, 3.63) is 51.2 Å². The van der Waals surface area contributed by atoms with E-state index in [1.54, 1.807) is 6.07 Å². The minimum Gasteiger partial charge on any atom is -0.460 e. The van der Waals surface area contributed by atoms with Crippen LogP contribution in [0.4, 0.5) is 5.69 Å². The number of nitro groups is 1. The Kier molecular flexibility index (Phi) is 5.18. The van der Waals surface area contributed by atoms with Crippen LogP contribution in [0.1, 0.15) is 25.5 Å². The van der Waals surface area contributed by atoms with Gasteiger partial charge >= 0.3 is 0 Å². The number of ether oxygens (including phenoxy) is 1. The van der Waals surface area contributed by atoms with E-state index in [1.165, 1.54) is 12.1 Å².